The van der Waals surface area contributed by atoms with E-state index in [2.05, 4.69) is 0 Å². The van der Waals surface area contributed by atoms with Crippen molar-refractivity contribution in [1.82, 2.24) is 0 Å². The first kappa shape index (κ1) is 56.6. The summed E-state index contributed by atoms with van der Waals surface area (Å²) >= 11 is 1.41. The average molecular weight is 1090 g/mol. The van der Waals surface area contributed by atoms with Crippen LogP contribution in [0.1, 0.15) is 49.3 Å². The topological polar surface area (TPSA) is 109 Å². The lowest BCUT2D eigenvalue weighted by Crippen LogP contribution is -2.63. The zero-order chi connectivity index (χ0) is 54.4. The Morgan fingerprint density at radius 1 is 0.325 bits per heavy atom. The molecule has 0 saturated carbocycles. The smallest absolute Gasteiger partial charge is 0.187 e. The molecule has 2 fully saturated rings. The summed E-state index contributed by atoms with van der Waals surface area (Å²) < 4.78 is 70.5. The molecule has 0 bridgehead atoms. The molecule has 0 N–H and O–H groups in total. The second kappa shape index (κ2) is 30.3. The normalized spacial score (nSPS) is 22.9. The number of benzene rings is 8. The maximum absolute atomic E-state index is 12.6. The Balaban J connectivity index is 1.03. The van der Waals surface area contributed by atoms with Gasteiger partial charge in [0.05, 0.1) is 59.5 Å². The maximum atomic E-state index is 12.6. The van der Waals surface area contributed by atoms with E-state index in [4.69, 9.17) is 47.4 Å². The van der Waals surface area contributed by atoms with Gasteiger partial charge in [-0.1, -0.05) is 242 Å². The first-order valence-electron chi connectivity index (χ1n) is 27.3. The lowest BCUT2D eigenvalue weighted by atomic mass is 9.97. The van der Waals surface area contributed by atoms with Crippen molar-refractivity contribution in [3.05, 3.63) is 281 Å². The molecule has 8 aromatic carbocycles. The number of ether oxygens (including phenoxy) is 10. The van der Waals surface area contributed by atoms with E-state index < -0.39 is 60.6 Å². The standard InChI is InChI=1S/C68H68O11S/c69-40-57-38-22-23-39-60(57)80-68-66(76-47-56-36-20-7-21-37-56)64(74-45-54-32-16-5-17-33-54)62(72-43-52-28-12-3-13-29-52)59(79-68)49-77-67-65(75-46-55-34-18-6-19-35-55)63(73-44-53-30-14-4-15-31-53)61(71-42-51-26-10-2-11-27-51)58(78-67)48-70-41-50-24-8-1-9-25-50/h1-40,58-59,61-68H,41-49H2/t58-,59-,61-,62-,63+,64+,65-,66-,67-,68+/m1/s1. The molecule has 80 heavy (non-hydrogen) atoms. The van der Waals surface area contributed by atoms with Crippen molar-refractivity contribution in [2.75, 3.05) is 13.2 Å². The van der Waals surface area contributed by atoms with Crippen molar-refractivity contribution in [2.24, 2.45) is 0 Å². The van der Waals surface area contributed by atoms with E-state index >= 15 is 0 Å². The van der Waals surface area contributed by atoms with Crippen molar-refractivity contribution < 1.29 is 52.2 Å². The highest BCUT2D eigenvalue weighted by atomic mass is 32.2. The van der Waals surface area contributed by atoms with Crippen LogP contribution in [0, 0.1) is 0 Å². The highest BCUT2D eigenvalue weighted by molar-refractivity contribution is 8.00. The van der Waals surface area contributed by atoms with Gasteiger partial charge in [0, 0.05) is 10.5 Å². The number of rotatable bonds is 28. The molecule has 0 amide bonds. The SMILES string of the molecule is O=Cc1ccccc1S[C@@H]1O[C@H](CO[C@@H]2O[C@H](COCc3ccccc3)[C@@H](OCc3ccccc3)[C@H](OCc3ccccc3)[C@H]2OCc2ccccc2)[C@@H](OCc2ccccc2)[C@H](OCc2ccccc2)[C@H]1OCc1ccccc1. The van der Waals surface area contributed by atoms with Crippen LogP contribution in [-0.4, -0.2) is 80.1 Å². The minimum absolute atomic E-state index is 0.0448. The van der Waals surface area contributed by atoms with Crippen molar-refractivity contribution in [1.29, 1.82) is 0 Å². The molecule has 0 spiro atoms. The van der Waals surface area contributed by atoms with Crippen LogP contribution < -0.4 is 0 Å². The summed E-state index contributed by atoms with van der Waals surface area (Å²) in [5.74, 6) is 0. The summed E-state index contributed by atoms with van der Waals surface area (Å²) in [4.78, 5) is 13.4. The number of aldehydes is 1. The number of thioether (sulfide) groups is 1. The van der Waals surface area contributed by atoms with Crippen LogP contribution in [0.15, 0.2) is 241 Å². The second-order valence-corrected chi connectivity index (χ2v) is 20.9. The van der Waals surface area contributed by atoms with E-state index in [-0.39, 0.29) is 52.9 Å². The Morgan fingerprint density at radius 2 is 0.650 bits per heavy atom. The van der Waals surface area contributed by atoms with E-state index in [1.165, 1.54) is 11.8 Å². The Kier molecular flexibility index (Phi) is 21.4. The molecule has 12 heteroatoms. The molecule has 0 aliphatic carbocycles. The fourth-order valence-corrected chi connectivity index (χ4v) is 11.1. The molecule has 412 valence electrons. The Hall–Kier alpha value is -6.62. The maximum Gasteiger partial charge on any atom is 0.187 e. The second-order valence-electron chi connectivity index (χ2n) is 19.8. The minimum atomic E-state index is -1.04. The van der Waals surface area contributed by atoms with Crippen LogP contribution in [0.3, 0.4) is 0 Å². The monoisotopic (exact) mass is 1090 g/mol. The largest absolute Gasteiger partial charge is 0.374 e. The van der Waals surface area contributed by atoms with Crippen LogP contribution in [0.2, 0.25) is 0 Å². The van der Waals surface area contributed by atoms with Crippen molar-refractivity contribution in [2.45, 2.75) is 112 Å². The first-order chi connectivity index (χ1) is 39.6. The van der Waals surface area contributed by atoms with Crippen molar-refractivity contribution in [3.63, 3.8) is 0 Å². The molecule has 2 saturated heterocycles. The molecular formula is C68H68O11S. The van der Waals surface area contributed by atoms with Crippen LogP contribution in [0.25, 0.3) is 0 Å². The third-order valence-electron chi connectivity index (χ3n) is 14.0. The van der Waals surface area contributed by atoms with Gasteiger partial charge in [-0.05, 0) is 45.0 Å². The fourth-order valence-electron chi connectivity index (χ4n) is 9.86. The van der Waals surface area contributed by atoms with Gasteiger partial charge >= 0.3 is 0 Å². The highest BCUT2D eigenvalue weighted by Crippen LogP contribution is 2.40. The number of hydrogen-bond acceptors (Lipinski definition) is 12. The first-order valence-corrected chi connectivity index (χ1v) is 28.2. The number of hydrogen-bond donors (Lipinski definition) is 0. The zero-order valence-corrected chi connectivity index (χ0v) is 45.4. The third-order valence-corrected chi connectivity index (χ3v) is 15.2. The van der Waals surface area contributed by atoms with Gasteiger partial charge in [0.15, 0.2) is 12.6 Å². The predicted octanol–water partition coefficient (Wildman–Crippen LogP) is 12.8. The van der Waals surface area contributed by atoms with E-state index in [0.717, 1.165) is 50.1 Å². The van der Waals surface area contributed by atoms with Gasteiger partial charge in [0.1, 0.15) is 54.3 Å². The fraction of sp³-hybridized carbons (Fsp3) is 0.279. The molecule has 2 aliphatic rings. The Bertz CT molecular complexity index is 3000. The quantitative estimate of drug-likeness (QED) is 0.0436. The van der Waals surface area contributed by atoms with E-state index in [9.17, 15) is 4.79 Å². The molecule has 11 nitrogen and oxygen atoms in total. The van der Waals surface area contributed by atoms with Crippen LogP contribution in [0.5, 0.6) is 0 Å². The van der Waals surface area contributed by atoms with Gasteiger partial charge in [-0.3, -0.25) is 4.79 Å². The van der Waals surface area contributed by atoms with Gasteiger partial charge in [-0.2, -0.15) is 0 Å². The molecular weight excluding hydrogens is 1020 g/mol. The highest BCUT2D eigenvalue weighted by Gasteiger charge is 2.52. The molecule has 8 aromatic rings. The average Bonchev–Trinajstić information content (AvgIpc) is 3.54. The number of carbonyl (C=O) groups excluding carboxylic acids is 1. The summed E-state index contributed by atoms with van der Waals surface area (Å²) in [7, 11) is 0. The van der Waals surface area contributed by atoms with E-state index in [1.54, 1.807) is 6.07 Å². The predicted molar refractivity (Wildman–Crippen MR) is 307 cm³/mol. The lowest BCUT2D eigenvalue weighted by Gasteiger charge is -2.48. The lowest BCUT2D eigenvalue weighted by molar-refractivity contribution is -0.337. The summed E-state index contributed by atoms with van der Waals surface area (Å²) in [6.07, 6.45) is -6.11. The van der Waals surface area contributed by atoms with Gasteiger partial charge in [-0.15, -0.1) is 0 Å². The van der Waals surface area contributed by atoms with Gasteiger partial charge < -0.3 is 47.4 Å². The Labute approximate surface area is 474 Å². The molecule has 2 heterocycles. The van der Waals surface area contributed by atoms with E-state index in [1.807, 2.05) is 231 Å². The molecule has 0 aromatic heterocycles. The van der Waals surface area contributed by atoms with Gasteiger partial charge in [-0.25, -0.2) is 0 Å². The molecule has 10 atom stereocenters. The summed E-state index contributed by atoms with van der Waals surface area (Å²) in [5, 5.41) is 0. The molecule has 0 radical (unpaired) electrons. The molecule has 0 unspecified atom stereocenters. The minimum Gasteiger partial charge on any atom is -0.374 e. The summed E-state index contributed by atoms with van der Waals surface area (Å²) in [6.45, 7) is 2.00. The Morgan fingerprint density at radius 3 is 1.06 bits per heavy atom. The summed E-state index contributed by atoms with van der Waals surface area (Å²) in [5.41, 5.74) is 6.69. The number of carbonyl (C=O) groups is 1. The van der Waals surface area contributed by atoms with Crippen LogP contribution in [-0.2, 0) is 93.6 Å². The van der Waals surface area contributed by atoms with Crippen molar-refractivity contribution in [3.8, 4) is 0 Å². The van der Waals surface area contributed by atoms with Crippen LogP contribution in [0.4, 0.5) is 0 Å². The van der Waals surface area contributed by atoms with E-state index in [0.29, 0.717) is 12.2 Å². The van der Waals surface area contributed by atoms with Gasteiger partial charge in [0.25, 0.3) is 0 Å². The molecule has 10 rings (SSSR count). The van der Waals surface area contributed by atoms with Crippen LogP contribution >= 0.6 is 11.8 Å². The van der Waals surface area contributed by atoms with Crippen molar-refractivity contribution >= 4 is 18.0 Å². The van der Waals surface area contributed by atoms with Gasteiger partial charge in [0.2, 0.25) is 0 Å². The summed E-state index contributed by atoms with van der Waals surface area (Å²) in [6, 6.07) is 77.8. The molecule has 2 aliphatic heterocycles. The third kappa shape index (κ3) is 16.3. The zero-order valence-electron chi connectivity index (χ0n) is 44.6.